The van der Waals surface area contributed by atoms with Crippen molar-refractivity contribution in [3.8, 4) is 0 Å². The Labute approximate surface area is 72.2 Å². The van der Waals surface area contributed by atoms with Crippen LogP contribution in [0.1, 0.15) is 19.3 Å². The summed E-state index contributed by atoms with van der Waals surface area (Å²) in [6.45, 7) is 4.72. The van der Waals surface area contributed by atoms with Crippen molar-refractivity contribution in [1.29, 1.82) is 0 Å². The molecule has 0 saturated carbocycles. The lowest BCUT2D eigenvalue weighted by molar-refractivity contribution is -0.704. The van der Waals surface area contributed by atoms with Gasteiger partial charge in [-0.2, -0.15) is 0 Å². The largest absolute Gasteiger partial charge is 0.387 e. The first kappa shape index (κ1) is 9.04. The topological polar surface area (TPSA) is 36.8 Å². The Kier molecular flexibility index (Phi) is 3.37. The smallest absolute Gasteiger partial charge is 0.117 e. The molecule has 2 atom stereocenters. The molecule has 0 bridgehead atoms. The summed E-state index contributed by atoms with van der Waals surface area (Å²) >= 11 is 5.65. The van der Waals surface area contributed by atoms with Crippen LogP contribution < -0.4 is 5.32 Å². The number of hydrogen-bond acceptors (Lipinski definition) is 1. The van der Waals surface area contributed by atoms with E-state index in [9.17, 15) is 5.11 Å². The molecule has 0 aromatic heterocycles. The van der Waals surface area contributed by atoms with Crippen molar-refractivity contribution in [3.05, 3.63) is 11.6 Å². The van der Waals surface area contributed by atoms with Gasteiger partial charge in [0, 0.05) is 11.5 Å². The van der Waals surface area contributed by atoms with Crippen molar-refractivity contribution in [3.63, 3.8) is 0 Å². The maximum atomic E-state index is 9.49. The Balaban J connectivity index is 2.35. The number of halogens is 1. The minimum Gasteiger partial charge on any atom is -0.387 e. The van der Waals surface area contributed by atoms with E-state index < -0.39 is 0 Å². The van der Waals surface area contributed by atoms with Gasteiger partial charge in [0.25, 0.3) is 0 Å². The molecule has 3 N–H and O–H groups in total. The van der Waals surface area contributed by atoms with Crippen LogP contribution in [0.5, 0.6) is 0 Å². The summed E-state index contributed by atoms with van der Waals surface area (Å²) in [4.78, 5) is 0. The second-order valence-electron chi connectivity index (χ2n) is 3.12. The van der Waals surface area contributed by atoms with Gasteiger partial charge in [0.15, 0.2) is 0 Å². The molecule has 1 rings (SSSR count). The van der Waals surface area contributed by atoms with Crippen LogP contribution in [-0.4, -0.2) is 23.8 Å². The van der Waals surface area contributed by atoms with Crippen LogP contribution >= 0.6 is 11.6 Å². The molecule has 1 aliphatic heterocycles. The third-order valence-electron chi connectivity index (χ3n) is 2.12. The molecule has 2 nitrogen and oxygen atoms in total. The molecule has 1 saturated heterocycles. The van der Waals surface area contributed by atoms with E-state index >= 15 is 0 Å². The summed E-state index contributed by atoms with van der Waals surface area (Å²) in [7, 11) is 0. The van der Waals surface area contributed by atoms with E-state index in [4.69, 9.17) is 11.6 Å². The zero-order valence-corrected chi connectivity index (χ0v) is 7.35. The maximum Gasteiger partial charge on any atom is 0.117 e. The Morgan fingerprint density at radius 1 is 1.73 bits per heavy atom. The lowest BCUT2D eigenvalue weighted by Gasteiger charge is -2.25. The van der Waals surface area contributed by atoms with Gasteiger partial charge < -0.3 is 10.4 Å². The first-order valence-corrected chi connectivity index (χ1v) is 4.42. The summed E-state index contributed by atoms with van der Waals surface area (Å²) in [5, 5.41) is 12.3. The van der Waals surface area contributed by atoms with Crippen LogP contribution in [0.25, 0.3) is 0 Å². The van der Waals surface area contributed by atoms with E-state index in [2.05, 4.69) is 11.9 Å². The predicted molar refractivity (Wildman–Crippen MR) is 45.4 cm³/mol. The molecule has 0 aromatic rings. The number of aliphatic hydroxyl groups is 1. The third kappa shape index (κ3) is 2.81. The van der Waals surface area contributed by atoms with E-state index in [0.717, 1.165) is 25.8 Å². The van der Waals surface area contributed by atoms with Gasteiger partial charge in [-0.25, -0.2) is 0 Å². The molecule has 1 heterocycles. The third-order valence-corrected chi connectivity index (χ3v) is 2.28. The van der Waals surface area contributed by atoms with Crippen molar-refractivity contribution in [2.24, 2.45) is 0 Å². The zero-order valence-electron chi connectivity index (χ0n) is 6.59. The first-order valence-electron chi connectivity index (χ1n) is 4.05. The van der Waals surface area contributed by atoms with Crippen LogP contribution in [0.3, 0.4) is 0 Å². The highest BCUT2D eigenvalue weighted by atomic mass is 35.5. The first-order chi connectivity index (χ1) is 5.20. The lowest BCUT2D eigenvalue weighted by Crippen LogP contribution is -2.94. The standard InChI is InChI=1S/C8H14ClNO/c1-6(9)5-7-8(11)3-2-4-10-7/h7-8,10-11H,1-5H2/p+1. The van der Waals surface area contributed by atoms with Crippen molar-refractivity contribution in [2.45, 2.75) is 31.4 Å². The van der Waals surface area contributed by atoms with Gasteiger partial charge in [-0.15, -0.1) is 0 Å². The van der Waals surface area contributed by atoms with Crippen molar-refractivity contribution in [1.82, 2.24) is 0 Å². The van der Waals surface area contributed by atoms with E-state index in [0.29, 0.717) is 5.03 Å². The minimum atomic E-state index is -0.195. The van der Waals surface area contributed by atoms with E-state index in [1.807, 2.05) is 0 Å². The SMILES string of the molecule is C=C(Cl)CC1[NH2+]CCCC1O. The maximum absolute atomic E-state index is 9.49. The van der Waals surface area contributed by atoms with Gasteiger partial charge >= 0.3 is 0 Å². The molecule has 11 heavy (non-hydrogen) atoms. The Bertz CT molecular complexity index is 149. The number of nitrogens with two attached hydrogens (primary N) is 1. The Morgan fingerprint density at radius 2 is 2.45 bits per heavy atom. The second kappa shape index (κ2) is 4.10. The highest BCUT2D eigenvalue weighted by Crippen LogP contribution is 2.12. The summed E-state index contributed by atoms with van der Waals surface area (Å²) < 4.78 is 0. The van der Waals surface area contributed by atoms with Crippen LogP contribution in [-0.2, 0) is 0 Å². The molecular weight excluding hydrogens is 162 g/mol. The van der Waals surface area contributed by atoms with Gasteiger partial charge in [0.2, 0.25) is 0 Å². The monoisotopic (exact) mass is 176 g/mol. The van der Waals surface area contributed by atoms with Crippen molar-refractivity contribution in [2.75, 3.05) is 6.54 Å². The lowest BCUT2D eigenvalue weighted by atomic mass is 9.99. The molecule has 0 aliphatic carbocycles. The minimum absolute atomic E-state index is 0.195. The van der Waals surface area contributed by atoms with Gasteiger partial charge in [0.05, 0.1) is 6.54 Å². The highest BCUT2D eigenvalue weighted by Gasteiger charge is 2.25. The fraction of sp³-hybridized carbons (Fsp3) is 0.750. The van der Waals surface area contributed by atoms with Gasteiger partial charge in [-0.05, 0) is 12.8 Å². The van der Waals surface area contributed by atoms with Gasteiger partial charge in [-0.1, -0.05) is 18.2 Å². The summed E-state index contributed by atoms with van der Waals surface area (Å²) in [6, 6.07) is 0.244. The number of rotatable bonds is 2. The molecule has 0 aromatic carbocycles. The van der Waals surface area contributed by atoms with E-state index in [1.54, 1.807) is 0 Å². The van der Waals surface area contributed by atoms with Gasteiger partial charge in [0.1, 0.15) is 12.1 Å². The summed E-state index contributed by atoms with van der Waals surface area (Å²) in [5.74, 6) is 0. The number of quaternary nitrogens is 1. The zero-order chi connectivity index (χ0) is 8.27. The fourth-order valence-corrected chi connectivity index (χ4v) is 1.68. The van der Waals surface area contributed by atoms with Crippen LogP contribution in [0, 0.1) is 0 Å². The summed E-state index contributed by atoms with van der Waals surface area (Å²) in [6.07, 6.45) is 2.54. The average Bonchev–Trinajstić information content (AvgIpc) is 1.93. The molecule has 1 aliphatic rings. The molecular formula is C8H15ClNO+. The number of piperidine rings is 1. The predicted octanol–water partition coefficient (Wildman–Crippen LogP) is 0.216. The Morgan fingerprint density at radius 3 is 3.00 bits per heavy atom. The van der Waals surface area contributed by atoms with Crippen molar-refractivity contribution >= 4 is 11.6 Å². The quantitative estimate of drug-likeness (QED) is 0.621. The summed E-state index contributed by atoms with van der Waals surface area (Å²) in [5.41, 5.74) is 0. The molecule has 0 amide bonds. The molecule has 2 unspecified atom stereocenters. The molecule has 64 valence electrons. The molecule has 1 fully saturated rings. The fourth-order valence-electron chi connectivity index (χ4n) is 1.51. The highest BCUT2D eigenvalue weighted by molar-refractivity contribution is 6.29. The average molecular weight is 177 g/mol. The van der Waals surface area contributed by atoms with E-state index in [-0.39, 0.29) is 12.1 Å². The molecule has 0 radical (unpaired) electrons. The molecule has 0 spiro atoms. The van der Waals surface area contributed by atoms with E-state index in [1.165, 1.54) is 0 Å². The van der Waals surface area contributed by atoms with Crippen LogP contribution in [0.15, 0.2) is 11.6 Å². The normalized spacial score (nSPS) is 31.8. The number of hydrogen-bond donors (Lipinski definition) is 2. The van der Waals surface area contributed by atoms with Crippen LogP contribution in [0.4, 0.5) is 0 Å². The van der Waals surface area contributed by atoms with Gasteiger partial charge in [-0.3, -0.25) is 0 Å². The molecule has 3 heteroatoms. The Hall–Kier alpha value is -0.0500. The second-order valence-corrected chi connectivity index (χ2v) is 3.65. The van der Waals surface area contributed by atoms with Crippen LogP contribution in [0.2, 0.25) is 0 Å². The van der Waals surface area contributed by atoms with Crippen molar-refractivity contribution < 1.29 is 10.4 Å². The number of aliphatic hydroxyl groups excluding tert-OH is 1.